The van der Waals surface area contributed by atoms with Crippen molar-refractivity contribution in [3.8, 4) is 0 Å². The molecule has 0 heterocycles. The van der Waals surface area contributed by atoms with E-state index in [0.29, 0.717) is 0 Å². The van der Waals surface area contributed by atoms with Crippen molar-refractivity contribution in [1.82, 2.24) is 0 Å². The molecule has 3 rings (SSSR count). The van der Waals surface area contributed by atoms with E-state index in [1.165, 1.54) is 84.5 Å². The van der Waals surface area contributed by atoms with Gasteiger partial charge in [0, 0.05) is 0 Å². The monoisotopic (exact) mass is 618 g/mol. The summed E-state index contributed by atoms with van der Waals surface area (Å²) in [6, 6.07) is 33.6. The van der Waals surface area contributed by atoms with Gasteiger partial charge in [0.25, 0.3) is 0 Å². The zero-order chi connectivity index (χ0) is 23.7. The lowest BCUT2D eigenvalue weighted by Crippen LogP contribution is -3.00. The van der Waals surface area contributed by atoms with Crippen LogP contribution in [0, 0.1) is 0 Å². The van der Waals surface area contributed by atoms with Crippen LogP contribution in [0.3, 0.4) is 0 Å². The predicted molar refractivity (Wildman–Crippen MR) is 164 cm³/mol. The van der Waals surface area contributed by atoms with Crippen LogP contribution in [0.2, 0.25) is 0 Å². The van der Waals surface area contributed by atoms with Gasteiger partial charge in [-0.25, -0.2) is 0 Å². The van der Waals surface area contributed by atoms with Gasteiger partial charge < -0.3 is 12.4 Å². The lowest BCUT2D eigenvalue weighted by atomic mass is 10.1. The van der Waals surface area contributed by atoms with E-state index in [-0.39, 0.29) is 12.4 Å². The maximum absolute atomic E-state index is 2.49. The first-order valence-electron chi connectivity index (χ1n) is 13.1. The summed E-state index contributed by atoms with van der Waals surface area (Å²) in [7, 11) is -1.72. The molecule has 188 valence electrons. The van der Waals surface area contributed by atoms with E-state index in [1.807, 2.05) is 0 Å². The first kappa shape index (κ1) is 30.1. The average Bonchev–Trinajstić information content (AvgIpc) is 2.91. The van der Waals surface area contributed by atoms with Crippen LogP contribution < -0.4 is 28.3 Å². The van der Waals surface area contributed by atoms with Crippen molar-refractivity contribution in [3.63, 3.8) is 0 Å². The standard InChI is InChI=1S/C32H41IP.ClH/c33-28-20-9-7-5-3-1-2-4-6-8-10-21-29-34(30-22-14-11-15-23-30,31-24-16-12-17-25-31)32-26-18-13-19-27-32;/h10-19,21-27H,1-9,20,28-29H2;1H/q+1;/p-1. The number of benzene rings is 3. The highest BCUT2D eigenvalue weighted by atomic mass is 127. The Hall–Kier alpha value is -1.15. The molecule has 0 bridgehead atoms. The lowest BCUT2D eigenvalue weighted by molar-refractivity contribution is -0.00000670. The van der Waals surface area contributed by atoms with Crippen LogP contribution in [-0.4, -0.2) is 10.6 Å². The summed E-state index contributed by atoms with van der Waals surface area (Å²) in [6.45, 7) is 0. The zero-order valence-electron chi connectivity index (χ0n) is 21.0. The maximum Gasteiger partial charge on any atom is 0.115 e. The SMILES string of the molecule is ICCCCCCCCCCCC=CC[P+](c1ccccc1)(c1ccccc1)c1ccccc1.[Cl-]. The van der Waals surface area contributed by atoms with Gasteiger partial charge >= 0.3 is 0 Å². The number of rotatable bonds is 16. The fraction of sp³-hybridized carbons (Fsp3) is 0.375. The van der Waals surface area contributed by atoms with Crippen LogP contribution in [0.15, 0.2) is 103 Å². The minimum Gasteiger partial charge on any atom is -1.00 e. The van der Waals surface area contributed by atoms with Crippen molar-refractivity contribution >= 4 is 45.8 Å². The molecule has 0 atom stereocenters. The van der Waals surface area contributed by atoms with Crippen molar-refractivity contribution in [2.24, 2.45) is 0 Å². The van der Waals surface area contributed by atoms with E-state index in [2.05, 4.69) is 126 Å². The van der Waals surface area contributed by atoms with Crippen LogP contribution in [0.25, 0.3) is 0 Å². The van der Waals surface area contributed by atoms with Crippen molar-refractivity contribution in [3.05, 3.63) is 103 Å². The van der Waals surface area contributed by atoms with Crippen LogP contribution in [0.1, 0.15) is 64.2 Å². The molecule has 0 fully saturated rings. The number of halogens is 2. The Morgan fingerprint density at radius 1 is 0.486 bits per heavy atom. The van der Waals surface area contributed by atoms with Gasteiger partial charge in [0.1, 0.15) is 23.2 Å². The van der Waals surface area contributed by atoms with Gasteiger partial charge in [0.2, 0.25) is 0 Å². The fourth-order valence-electron chi connectivity index (χ4n) is 4.76. The Labute approximate surface area is 234 Å². The van der Waals surface area contributed by atoms with E-state index >= 15 is 0 Å². The highest BCUT2D eigenvalue weighted by molar-refractivity contribution is 14.1. The van der Waals surface area contributed by atoms with Crippen LogP contribution >= 0.6 is 29.9 Å². The van der Waals surface area contributed by atoms with Gasteiger partial charge in [0.15, 0.2) is 0 Å². The second kappa shape index (κ2) is 18.1. The Balaban J connectivity index is 0.00000432. The molecule has 0 amide bonds. The maximum atomic E-state index is 2.49. The molecular weight excluding hydrogens is 578 g/mol. The molecule has 0 radical (unpaired) electrons. The van der Waals surface area contributed by atoms with Gasteiger partial charge in [-0.05, 0) is 60.1 Å². The molecule has 3 aromatic rings. The number of allylic oxidation sites excluding steroid dienone is 2. The third-order valence-corrected chi connectivity index (χ3v) is 11.7. The van der Waals surface area contributed by atoms with Crippen LogP contribution in [-0.2, 0) is 0 Å². The Bertz CT molecular complexity index is 831. The summed E-state index contributed by atoms with van der Waals surface area (Å²) < 4.78 is 1.32. The highest BCUT2D eigenvalue weighted by Crippen LogP contribution is 2.55. The molecule has 0 N–H and O–H groups in total. The summed E-state index contributed by atoms with van der Waals surface area (Å²) in [5.41, 5.74) is 0. The summed E-state index contributed by atoms with van der Waals surface area (Å²) in [5.74, 6) is 0. The smallest absolute Gasteiger partial charge is 0.115 e. The first-order chi connectivity index (χ1) is 16.9. The van der Waals surface area contributed by atoms with E-state index in [4.69, 9.17) is 0 Å². The Kier molecular flexibility index (Phi) is 15.6. The van der Waals surface area contributed by atoms with E-state index in [1.54, 1.807) is 0 Å². The molecule has 0 aromatic heterocycles. The number of hydrogen-bond acceptors (Lipinski definition) is 0. The van der Waals surface area contributed by atoms with Gasteiger partial charge in [-0.1, -0.05) is 134 Å². The van der Waals surface area contributed by atoms with Crippen LogP contribution in [0.5, 0.6) is 0 Å². The van der Waals surface area contributed by atoms with E-state index < -0.39 is 7.26 Å². The number of alkyl halides is 1. The van der Waals surface area contributed by atoms with Crippen molar-refractivity contribution in [2.45, 2.75) is 64.2 Å². The van der Waals surface area contributed by atoms with Gasteiger partial charge in [-0.15, -0.1) is 0 Å². The average molecular weight is 619 g/mol. The second-order valence-electron chi connectivity index (χ2n) is 9.13. The highest BCUT2D eigenvalue weighted by Gasteiger charge is 2.43. The second-order valence-corrected chi connectivity index (χ2v) is 13.7. The molecule has 0 unspecified atom stereocenters. The number of unbranched alkanes of at least 4 members (excludes halogenated alkanes) is 9. The molecule has 0 spiro atoms. The third kappa shape index (κ3) is 9.67. The molecule has 3 heteroatoms. The molecule has 0 saturated heterocycles. The molecule has 0 aliphatic heterocycles. The fourth-order valence-corrected chi connectivity index (χ4v) is 9.33. The van der Waals surface area contributed by atoms with Gasteiger partial charge in [0.05, 0.1) is 6.16 Å². The summed E-state index contributed by atoms with van der Waals surface area (Å²) in [5, 5.41) is 4.40. The summed E-state index contributed by atoms with van der Waals surface area (Å²) >= 11 is 2.49. The van der Waals surface area contributed by atoms with Gasteiger partial charge in [-0.2, -0.15) is 0 Å². The quantitative estimate of drug-likeness (QED) is 0.0619. The predicted octanol–water partition coefficient (Wildman–Crippen LogP) is 5.88. The molecular formula is C32H41ClIP. The van der Waals surface area contributed by atoms with Crippen molar-refractivity contribution < 1.29 is 12.4 Å². The van der Waals surface area contributed by atoms with E-state index in [0.717, 1.165) is 6.16 Å². The molecule has 0 aliphatic carbocycles. The molecule has 0 saturated carbocycles. The van der Waals surface area contributed by atoms with Crippen molar-refractivity contribution in [1.29, 1.82) is 0 Å². The third-order valence-electron chi connectivity index (χ3n) is 6.64. The molecule has 3 aromatic carbocycles. The molecule has 35 heavy (non-hydrogen) atoms. The minimum absolute atomic E-state index is 0. The minimum atomic E-state index is -1.72. The largest absolute Gasteiger partial charge is 1.00 e. The topological polar surface area (TPSA) is 0 Å². The number of hydrogen-bond donors (Lipinski definition) is 0. The summed E-state index contributed by atoms with van der Waals surface area (Å²) in [4.78, 5) is 0. The van der Waals surface area contributed by atoms with Crippen LogP contribution in [0.4, 0.5) is 0 Å². The molecule has 0 aliphatic rings. The Morgan fingerprint density at radius 3 is 1.26 bits per heavy atom. The first-order valence-corrected chi connectivity index (χ1v) is 16.6. The van der Waals surface area contributed by atoms with Gasteiger partial charge in [-0.3, -0.25) is 0 Å². The normalized spacial score (nSPS) is 11.5. The lowest BCUT2D eigenvalue weighted by Gasteiger charge is -2.26. The Morgan fingerprint density at radius 2 is 0.857 bits per heavy atom. The zero-order valence-corrected chi connectivity index (χ0v) is 24.8. The summed E-state index contributed by atoms with van der Waals surface area (Å²) in [6.07, 6.45) is 19.8. The van der Waals surface area contributed by atoms with Crippen molar-refractivity contribution in [2.75, 3.05) is 10.6 Å². The molecule has 0 nitrogen and oxygen atoms in total. The van der Waals surface area contributed by atoms with E-state index in [9.17, 15) is 0 Å².